The van der Waals surface area contributed by atoms with E-state index in [9.17, 15) is 13.2 Å². The zero-order valence-corrected chi connectivity index (χ0v) is 18.8. The Morgan fingerprint density at radius 3 is 2.33 bits per heavy atom. The van der Waals surface area contributed by atoms with Crippen molar-refractivity contribution in [3.8, 4) is 0 Å². The van der Waals surface area contributed by atoms with Gasteiger partial charge in [0.15, 0.2) is 0 Å². The minimum absolute atomic E-state index is 0.00599. The highest BCUT2D eigenvalue weighted by Crippen LogP contribution is 2.16. The first kappa shape index (κ1) is 22.5. The van der Waals surface area contributed by atoms with Crippen molar-refractivity contribution in [1.82, 2.24) is 14.5 Å². The summed E-state index contributed by atoms with van der Waals surface area (Å²) in [5.41, 5.74) is 4.27. The molecular weight excluding hydrogens is 398 g/mol. The van der Waals surface area contributed by atoms with E-state index in [2.05, 4.69) is 40.8 Å². The number of hydrogen-bond donors (Lipinski definition) is 1. The first-order valence-electron chi connectivity index (χ1n) is 10.4. The highest BCUT2D eigenvalue weighted by molar-refractivity contribution is 7.89. The van der Waals surface area contributed by atoms with Gasteiger partial charge in [0, 0.05) is 45.7 Å². The molecule has 30 heavy (non-hydrogen) atoms. The van der Waals surface area contributed by atoms with E-state index in [-0.39, 0.29) is 23.8 Å². The van der Waals surface area contributed by atoms with Crippen LogP contribution in [0, 0.1) is 20.8 Å². The van der Waals surface area contributed by atoms with Gasteiger partial charge in [-0.25, -0.2) is 13.1 Å². The van der Waals surface area contributed by atoms with E-state index >= 15 is 0 Å². The second kappa shape index (κ2) is 9.73. The number of benzene rings is 2. The fourth-order valence-corrected chi connectivity index (χ4v) is 5.11. The van der Waals surface area contributed by atoms with Crippen molar-refractivity contribution in [2.24, 2.45) is 0 Å². The van der Waals surface area contributed by atoms with Gasteiger partial charge >= 0.3 is 0 Å². The quantitative estimate of drug-likeness (QED) is 0.735. The molecule has 1 amide bonds. The van der Waals surface area contributed by atoms with Crippen LogP contribution in [0.1, 0.15) is 28.7 Å². The van der Waals surface area contributed by atoms with Gasteiger partial charge in [-0.05, 0) is 38.0 Å². The molecule has 6 nitrogen and oxygen atoms in total. The lowest BCUT2D eigenvalue weighted by atomic mass is 10.1. The topological polar surface area (TPSA) is 69.7 Å². The molecule has 3 rings (SSSR count). The van der Waals surface area contributed by atoms with Crippen molar-refractivity contribution in [1.29, 1.82) is 0 Å². The Kier molecular flexibility index (Phi) is 7.28. The number of carbonyl (C=O) groups is 1. The van der Waals surface area contributed by atoms with Crippen LogP contribution in [0.2, 0.25) is 0 Å². The smallest absolute Gasteiger partial charge is 0.240 e. The zero-order valence-electron chi connectivity index (χ0n) is 18.0. The van der Waals surface area contributed by atoms with Gasteiger partial charge in [-0.3, -0.25) is 9.69 Å². The molecule has 0 unspecified atom stereocenters. The summed E-state index contributed by atoms with van der Waals surface area (Å²) in [4.78, 5) is 17.0. The lowest BCUT2D eigenvalue weighted by molar-refractivity contribution is -0.132. The second-order valence-electron chi connectivity index (χ2n) is 8.06. The van der Waals surface area contributed by atoms with E-state index in [1.807, 2.05) is 17.9 Å². The maximum absolute atomic E-state index is 12.5. The van der Waals surface area contributed by atoms with Gasteiger partial charge in [0.2, 0.25) is 15.9 Å². The van der Waals surface area contributed by atoms with E-state index in [0.29, 0.717) is 18.7 Å². The van der Waals surface area contributed by atoms with Crippen LogP contribution >= 0.6 is 0 Å². The Morgan fingerprint density at radius 2 is 1.67 bits per heavy atom. The van der Waals surface area contributed by atoms with Crippen LogP contribution < -0.4 is 4.72 Å². The van der Waals surface area contributed by atoms with Crippen molar-refractivity contribution in [2.75, 3.05) is 32.7 Å². The number of amides is 1. The van der Waals surface area contributed by atoms with Crippen LogP contribution in [0.4, 0.5) is 0 Å². The fourth-order valence-electron chi connectivity index (χ4n) is 3.85. The lowest BCUT2D eigenvalue weighted by Crippen LogP contribution is -2.48. The van der Waals surface area contributed by atoms with Crippen molar-refractivity contribution >= 4 is 15.9 Å². The van der Waals surface area contributed by atoms with Crippen LogP contribution in [0.5, 0.6) is 0 Å². The molecule has 0 atom stereocenters. The van der Waals surface area contributed by atoms with Gasteiger partial charge in [-0.2, -0.15) is 0 Å². The molecule has 162 valence electrons. The molecule has 1 heterocycles. The van der Waals surface area contributed by atoms with Crippen LogP contribution in [0.25, 0.3) is 0 Å². The summed E-state index contributed by atoms with van der Waals surface area (Å²) in [6.45, 7) is 9.80. The molecular formula is C23H31N3O3S. The molecule has 1 saturated heterocycles. The Hall–Kier alpha value is -2.22. The third-order valence-corrected chi connectivity index (χ3v) is 7.09. The molecule has 1 aliphatic rings. The standard InChI is InChI=1S/C23H31N3O3S/c1-18-5-4-6-21(16-18)17-25-11-13-26(14-12-25)23(27)9-10-24-30(28,29)22-8-7-19(2)15-20(22)3/h4-8,15-16,24H,9-14,17H2,1-3H3. The van der Waals surface area contributed by atoms with Crippen LogP contribution in [0.15, 0.2) is 47.4 Å². The summed E-state index contributed by atoms with van der Waals surface area (Å²) in [6, 6.07) is 13.7. The Balaban J connectivity index is 1.44. The van der Waals surface area contributed by atoms with Crippen LogP contribution in [0.3, 0.4) is 0 Å². The van der Waals surface area contributed by atoms with Crippen molar-refractivity contribution in [3.63, 3.8) is 0 Å². The lowest BCUT2D eigenvalue weighted by Gasteiger charge is -2.35. The number of aryl methyl sites for hydroxylation is 3. The van der Waals surface area contributed by atoms with Gasteiger partial charge in [-0.15, -0.1) is 0 Å². The molecule has 0 bridgehead atoms. The Morgan fingerprint density at radius 1 is 0.967 bits per heavy atom. The van der Waals surface area contributed by atoms with Crippen molar-refractivity contribution in [3.05, 3.63) is 64.7 Å². The van der Waals surface area contributed by atoms with E-state index in [0.717, 1.165) is 25.2 Å². The van der Waals surface area contributed by atoms with E-state index in [1.54, 1.807) is 19.1 Å². The van der Waals surface area contributed by atoms with Gasteiger partial charge in [0.1, 0.15) is 0 Å². The second-order valence-corrected chi connectivity index (χ2v) is 9.80. The van der Waals surface area contributed by atoms with Gasteiger partial charge in [0.05, 0.1) is 4.90 Å². The summed E-state index contributed by atoms with van der Waals surface area (Å²) < 4.78 is 27.6. The van der Waals surface area contributed by atoms with E-state index in [1.165, 1.54) is 11.1 Å². The molecule has 2 aromatic carbocycles. The van der Waals surface area contributed by atoms with Crippen molar-refractivity contribution < 1.29 is 13.2 Å². The summed E-state index contributed by atoms with van der Waals surface area (Å²) in [5, 5.41) is 0. The summed E-state index contributed by atoms with van der Waals surface area (Å²) in [5.74, 6) is -0.00599. The largest absolute Gasteiger partial charge is 0.340 e. The predicted molar refractivity (Wildman–Crippen MR) is 119 cm³/mol. The highest BCUT2D eigenvalue weighted by Gasteiger charge is 2.22. The van der Waals surface area contributed by atoms with Crippen LogP contribution in [-0.4, -0.2) is 56.8 Å². The molecule has 1 N–H and O–H groups in total. The third kappa shape index (κ3) is 5.90. The van der Waals surface area contributed by atoms with Gasteiger partial charge < -0.3 is 4.90 Å². The number of carbonyl (C=O) groups excluding carboxylic acids is 1. The molecule has 0 spiro atoms. The number of hydrogen-bond acceptors (Lipinski definition) is 4. The van der Waals surface area contributed by atoms with Crippen molar-refractivity contribution in [2.45, 2.75) is 38.6 Å². The summed E-state index contributed by atoms with van der Waals surface area (Å²) in [6.07, 6.45) is 0.169. The Bertz CT molecular complexity index is 997. The fraction of sp³-hybridized carbons (Fsp3) is 0.435. The number of sulfonamides is 1. The predicted octanol–water partition coefficient (Wildman–Crippen LogP) is 2.62. The third-order valence-electron chi connectivity index (χ3n) is 5.46. The SMILES string of the molecule is Cc1cccc(CN2CCN(C(=O)CCNS(=O)(=O)c3ccc(C)cc3C)CC2)c1. The van der Waals surface area contributed by atoms with E-state index in [4.69, 9.17) is 0 Å². The molecule has 0 radical (unpaired) electrons. The first-order valence-corrected chi connectivity index (χ1v) is 11.9. The normalized spacial score (nSPS) is 15.4. The van der Waals surface area contributed by atoms with Gasteiger partial charge in [-0.1, -0.05) is 47.5 Å². The number of nitrogens with zero attached hydrogens (tertiary/aromatic N) is 2. The highest BCUT2D eigenvalue weighted by atomic mass is 32.2. The molecule has 2 aromatic rings. The summed E-state index contributed by atoms with van der Waals surface area (Å²) in [7, 11) is -3.61. The Labute approximate surface area is 179 Å². The average Bonchev–Trinajstić information content (AvgIpc) is 2.68. The average molecular weight is 430 g/mol. The molecule has 0 aromatic heterocycles. The maximum atomic E-state index is 12.5. The summed E-state index contributed by atoms with van der Waals surface area (Å²) >= 11 is 0. The molecule has 7 heteroatoms. The molecule has 0 saturated carbocycles. The number of piperazine rings is 1. The maximum Gasteiger partial charge on any atom is 0.240 e. The number of nitrogens with one attached hydrogen (secondary N) is 1. The first-order chi connectivity index (χ1) is 14.2. The minimum Gasteiger partial charge on any atom is -0.340 e. The molecule has 1 aliphatic heterocycles. The van der Waals surface area contributed by atoms with Gasteiger partial charge in [0.25, 0.3) is 0 Å². The van der Waals surface area contributed by atoms with E-state index < -0.39 is 10.0 Å². The monoisotopic (exact) mass is 429 g/mol. The van der Waals surface area contributed by atoms with Crippen LogP contribution in [-0.2, 0) is 21.4 Å². The molecule has 0 aliphatic carbocycles. The number of rotatable bonds is 7. The molecule has 1 fully saturated rings. The zero-order chi connectivity index (χ0) is 21.7. The minimum atomic E-state index is -3.61.